The molecule has 0 aromatic rings. The molecule has 0 radical (unpaired) electrons. The average Bonchev–Trinajstić information content (AvgIpc) is 2.14. The Balaban J connectivity index is 2.28. The highest BCUT2D eigenvalue weighted by Crippen LogP contribution is 2.15. The maximum atomic E-state index is 11.4. The van der Waals surface area contributed by atoms with E-state index < -0.39 is 0 Å². The highest BCUT2D eigenvalue weighted by atomic mass is 16.6. The van der Waals surface area contributed by atoms with Crippen molar-refractivity contribution in [3.8, 4) is 0 Å². The monoisotopic (exact) mass is 186 g/mol. The molecule has 0 bridgehead atoms. The van der Waals surface area contributed by atoms with E-state index >= 15 is 0 Å². The lowest BCUT2D eigenvalue weighted by Gasteiger charge is -2.26. The Morgan fingerprint density at radius 1 is 1.69 bits per heavy atom. The molecular weight excluding hydrogens is 168 g/mol. The van der Waals surface area contributed by atoms with Gasteiger partial charge in [-0.2, -0.15) is 0 Å². The van der Waals surface area contributed by atoms with E-state index in [1.807, 2.05) is 6.92 Å². The number of piperidine rings is 1. The van der Waals surface area contributed by atoms with Crippen molar-refractivity contribution in [3.05, 3.63) is 0 Å². The maximum Gasteiger partial charge on any atom is 0.246 e. The molecule has 13 heavy (non-hydrogen) atoms. The quantitative estimate of drug-likeness (QED) is 0.629. The first-order chi connectivity index (χ1) is 6.24. The van der Waals surface area contributed by atoms with Crippen LogP contribution in [0, 0.1) is 5.92 Å². The summed E-state index contributed by atoms with van der Waals surface area (Å²) in [4.78, 5) is 16.3. The molecule has 2 N–H and O–H groups in total. The van der Waals surface area contributed by atoms with Crippen molar-refractivity contribution in [2.75, 3.05) is 13.2 Å². The molecule has 0 aromatic carbocycles. The number of carbonyl (C=O) groups excluding carboxylic acids is 1. The van der Waals surface area contributed by atoms with Crippen molar-refractivity contribution in [1.82, 2.24) is 10.8 Å². The molecule has 0 saturated carbocycles. The van der Waals surface area contributed by atoms with Crippen LogP contribution in [-0.2, 0) is 9.63 Å². The van der Waals surface area contributed by atoms with E-state index in [2.05, 4.69) is 17.7 Å². The maximum absolute atomic E-state index is 11.4. The number of rotatable bonds is 3. The molecular formula is C9H18N2O2. The third kappa shape index (κ3) is 3.32. The van der Waals surface area contributed by atoms with Gasteiger partial charge in [0.25, 0.3) is 0 Å². The Morgan fingerprint density at radius 3 is 3.08 bits per heavy atom. The number of carbonyl (C=O) groups is 1. The summed E-state index contributed by atoms with van der Waals surface area (Å²) in [5.74, 6) is 0.137. The Hall–Kier alpha value is -0.610. The molecule has 0 aromatic heterocycles. The number of hydroxylamine groups is 1. The number of nitrogens with one attached hydrogen (secondary N) is 2. The SMILES string of the molecule is CCONC(=O)[C@H]1CCN[C@@H](C)C1. The zero-order chi connectivity index (χ0) is 9.68. The molecule has 1 aliphatic rings. The second-order valence-electron chi connectivity index (χ2n) is 3.48. The largest absolute Gasteiger partial charge is 0.314 e. The summed E-state index contributed by atoms with van der Waals surface area (Å²) in [6.45, 7) is 5.39. The summed E-state index contributed by atoms with van der Waals surface area (Å²) in [6, 6.07) is 0.436. The standard InChI is InChI=1S/C9H18N2O2/c1-3-13-11-9(12)8-4-5-10-7(2)6-8/h7-8,10H,3-6H2,1-2H3,(H,11,12)/t7-,8-/m0/s1. The molecule has 4 nitrogen and oxygen atoms in total. The molecule has 1 aliphatic heterocycles. The van der Waals surface area contributed by atoms with Gasteiger partial charge in [0.1, 0.15) is 0 Å². The van der Waals surface area contributed by atoms with Gasteiger partial charge in [-0.15, -0.1) is 0 Å². The van der Waals surface area contributed by atoms with Crippen LogP contribution in [0.3, 0.4) is 0 Å². The number of amides is 1. The Kier molecular flexibility index (Phi) is 4.18. The minimum absolute atomic E-state index is 0.0233. The Bertz CT molecular complexity index is 173. The first-order valence-electron chi connectivity index (χ1n) is 4.89. The van der Waals surface area contributed by atoms with Gasteiger partial charge in [-0.25, -0.2) is 5.48 Å². The molecule has 4 heteroatoms. The van der Waals surface area contributed by atoms with E-state index in [1.54, 1.807) is 0 Å². The predicted molar refractivity (Wildman–Crippen MR) is 50.0 cm³/mol. The summed E-state index contributed by atoms with van der Waals surface area (Å²) in [5, 5.41) is 3.30. The van der Waals surface area contributed by atoms with Gasteiger partial charge >= 0.3 is 0 Å². The Labute approximate surface area is 79.0 Å². The predicted octanol–water partition coefficient (Wildman–Crippen LogP) is 0.442. The van der Waals surface area contributed by atoms with Crippen molar-refractivity contribution >= 4 is 5.91 Å². The van der Waals surface area contributed by atoms with E-state index in [1.165, 1.54) is 0 Å². The fourth-order valence-electron chi connectivity index (χ4n) is 1.60. The first kappa shape index (κ1) is 10.5. The van der Waals surface area contributed by atoms with E-state index in [-0.39, 0.29) is 11.8 Å². The summed E-state index contributed by atoms with van der Waals surface area (Å²) in [7, 11) is 0. The minimum atomic E-state index is 0.0233. The fourth-order valence-corrected chi connectivity index (χ4v) is 1.60. The number of hydrogen-bond donors (Lipinski definition) is 2. The van der Waals surface area contributed by atoms with Crippen LogP contribution in [0.5, 0.6) is 0 Å². The van der Waals surface area contributed by atoms with Crippen LogP contribution in [0.15, 0.2) is 0 Å². The van der Waals surface area contributed by atoms with Gasteiger partial charge in [0.15, 0.2) is 0 Å². The molecule has 0 unspecified atom stereocenters. The van der Waals surface area contributed by atoms with Crippen molar-refractivity contribution in [3.63, 3.8) is 0 Å². The third-order valence-corrected chi connectivity index (χ3v) is 2.31. The lowest BCUT2D eigenvalue weighted by atomic mass is 9.93. The van der Waals surface area contributed by atoms with Gasteiger partial charge in [0.2, 0.25) is 5.91 Å². The van der Waals surface area contributed by atoms with Gasteiger partial charge in [-0.05, 0) is 33.2 Å². The molecule has 1 fully saturated rings. The van der Waals surface area contributed by atoms with Crippen molar-refractivity contribution in [1.29, 1.82) is 0 Å². The summed E-state index contributed by atoms with van der Waals surface area (Å²) >= 11 is 0. The fraction of sp³-hybridized carbons (Fsp3) is 0.889. The third-order valence-electron chi connectivity index (χ3n) is 2.31. The smallest absolute Gasteiger partial charge is 0.246 e. The van der Waals surface area contributed by atoms with Crippen molar-refractivity contribution in [2.45, 2.75) is 32.7 Å². The van der Waals surface area contributed by atoms with E-state index in [9.17, 15) is 4.79 Å². The van der Waals surface area contributed by atoms with Crippen LogP contribution in [0.2, 0.25) is 0 Å². The molecule has 2 atom stereocenters. The zero-order valence-corrected chi connectivity index (χ0v) is 8.30. The highest BCUT2D eigenvalue weighted by Gasteiger charge is 2.24. The van der Waals surface area contributed by atoms with Gasteiger partial charge in [-0.1, -0.05) is 0 Å². The Morgan fingerprint density at radius 2 is 2.46 bits per heavy atom. The van der Waals surface area contributed by atoms with Crippen LogP contribution in [-0.4, -0.2) is 25.1 Å². The minimum Gasteiger partial charge on any atom is -0.314 e. The second kappa shape index (κ2) is 5.19. The van der Waals surface area contributed by atoms with Crippen LogP contribution >= 0.6 is 0 Å². The van der Waals surface area contributed by atoms with Crippen LogP contribution in [0.1, 0.15) is 26.7 Å². The van der Waals surface area contributed by atoms with Gasteiger partial charge in [0, 0.05) is 12.0 Å². The molecule has 1 amide bonds. The van der Waals surface area contributed by atoms with Crippen LogP contribution in [0.25, 0.3) is 0 Å². The number of hydrogen-bond acceptors (Lipinski definition) is 3. The lowest BCUT2D eigenvalue weighted by Crippen LogP contribution is -2.42. The summed E-state index contributed by atoms with van der Waals surface area (Å²) < 4.78 is 0. The lowest BCUT2D eigenvalue weighted by molar-refractivity contribution is -0.138. The van der Waals surface area contributed by atoms with Gasteiger partial charge < -0.3 is 5.32 Å². The normalized spacial score (nSPS) is 28.5. The van der Waals surface area contributed by atoms with Crippen molar-refractivity contribution in [2.24, 2.45) is 5.92 Å². The topological polar surface area (TPSA) is 50.4 Å². The van der Waals surface area contributed by atoms with Gasteiger partial charge in [0.05, 0.1) is 6.61 Å². The first-order valence-corrected chi connectivity index (χ1v) is 4.89. The second-order valence-corrected chi connectivity index (χ2v) is 3.48. The molecule has 1 heterocycles. The van der Waals surface area contributed by atoms with E-state index in [0.29, 0.717) is 12.6 Å². The summed E-state index contributed by atoms with van der Waals surface area (Å²) in [6.07, 6.45) is 1.81. The van der Waals surface area contributed by atoms with E-state index in [0.717, 1.165) is 19.4 Å². The average molecular weight is 186 g/mol. The zero-order valence-electron chi connectivity index (χ0n) is 8.30. The van der Waals surface area contributed by atoms with E-state index in [4.69, 9.17) is 4.84 Å². The molecule has 1 saturated heterocycles. The van der Waals surface area contributed by atoms with Crippen LogP contribution in [0.4, 0.5) is 0 Å². The summed E-state index contributed by atoms with van der Waals surface area (Å²) in [5.41, 5.74) is 2.46. The molecule has 1 rings (SSSR count). The molecule has 0 aliphatic carbocycles. The molecule has 76 valence electrons. The highest BCUT2D eigenvalue weighted by molar-refractivity contribution is 5.77. The van der Waals surface area contributed by atoms with Gasteiger partial charge in [-0.3, -0.25) is 9.63 Å². The van der Waals surface area contributed by atoms with Crippen molar-refractivity contribution < 1.29 is 9.63 Å². The molecule has 0 spiro atoms. The van der Waals surface area contributed by atoms with Crippen LogP contribution < -0.4 is 10.8 Å².